The van der Waals surface area contributed by atoms with Crippen LogP contribution >= 0.6 is 15.9 Å². The molecule has 2 rings (SSSR count). The van der Waals surface area contributed by atoms with Crippen LogP contribution in [0.2, 0.25) is 0 Å². The van der Waals surface area contributed by atoms with Gasteiger partial charge in [0, 0.05) is 19.1 Å². The average molecular weight is 300 g/mol. The van der Waals surface area contributed by atoms with E-state index in [2.05, 4.69) is 34.7 Å². The van der Waals surface area contributed by atoms with E-state index in [0.717, 1.165) is 24.2 Å². The van der Waals surface area contributed by atoms with Gasteiger partial charge >= 0.3 is 0 Å². The average Bonchev–Trinajstić information content (AvgIpc) is 2.29. The van der Waals surface area contributed by atoms with E-state index in [1.807, 2.05) is 12.1 Å². The van der Waals surface area contributed by atoms with E-state index in [4.69, 9.17) is 4.74 Å². The van der Waals surface area contributed by atoms with Gasteiger partial charge in [0.1, 0.15) is 5.75 Å². The Labute approximate surface area is 111 Å². The van der Waals surface area contributed by atoms with Gasteiger partial charge < -0.3 is 9.84 Å². The Morgan fingerprint density at radius 3 is 2.94 bits per heavy atom. The zero-order valence-corrected chi connectivity index (χ0v) is 11.8. The van der Waals surface area contributed by atoms with Crippen molar-refractivity contribution in [2.75, 3.05) is 13.2 Å². The summed E-state index contributed by atoms with van der Waals surface area (Å²) >= 11 is 3.34. The van der Waals surface area contributed by atoms with E-state index >= 15 is 0 Å². The first-order valence-electron chi connectivity index (χ1n) is 5.89. The predicted molar refractivity (Wildman–Crippen MR) is 71.1 cm³/mol. The van der Waals surface area contributed by atoms with Crippen molar-refractivity contribution in [3.8, 4) is 5.75 Å². The Morgan fingerprint density at radius 1 is 1.47 bits per heavy atom. The van der Waals surface area contributed by atoms with E-state index in [-0.39, 0.29) is 5.75 Å². The third-order valence-electron chi connectivity index (χ3n) is 3.13. The molecular weight excluding hydrogens is 282 g/mol. The third-order valence-corrected chi connectivity index (χ3v) is 3.77. The minimum Gasteiger partial charge on any atom is -0.507 e. The molecule has 17 heavy (non-hydrogen) atoms. The molecule has 1 aromatic rings. The molecule has 0 radical (unpaired) electrons. The maximum atomic E-state index is 9.46. The summed E-state index contributed by atoms with van der Waals surface area (Å²) in [6, 6.07) is 6.11. The highest BCUT2D eigenvalue weighted by atomic mass is 79.9. The summed E-state index contributed by atoms with van der Waals surface area (Å²) in [5.41, 5.74) is 1.20. The molecule has 1 saturated heterocycles. The van der Waals surface area contributed by atoms with Gasteiger partial charge in [-0.1, -0.05) is 6.07 Å². The van der Waals surface area contributed by atoms with Crippen LogP contribution in [-0.4, -0.2) is 35.3 Å². The van der Waals surface area contributed by atoms with E-state index in [1.54, 1.807) is 6.07 Å². The summed E-state index contributed by atoms with van der Waals surface area (Å²) in [4.78, 5) is 2.41. The summed E-state index contributed by atoms with van der Waals surface area (Å²) in [5.74, 6) is 0.289. The van der Waals surface area contributed by atoms with Crippen molar-refractivity contribution in [3.05, 3.63) is 28.2 Å². The van der Waals surface area contributed by atoms with Crippen molar-refractivity contribution in [1.29, 1.82) is 0 Å². The Balaban J connectivity index is 2.06. The molecular formula is C13H18BrNO2. The number of phenols is 1. The number of benzene rings is 1. The van der Waals surface area contributed by atoms with Crippen molar-refractivity contribution in [2.45, 2.75) is 32.5 Å². The molecule has 0 amide bonds. The van der Waals surface area contributed by atoms with Crippen LogP contribution in [-0.2, 0) is 11.3 Å². The van der Waals surface area contributed by atoms with Crippen molar-refractivity contribution in [1.82, 2.24) is 4.90 Å². The molecule has 1 heterocycles. The highest BCUT2D eigenvalue weighted by molar-refractivity contribution is 9.10. The van der Waals surface area contributed by atoms with E-state index in [9.17, 15) is 5.11 Å². The minimum atomic E-state index is 0.289. The molecule has 0 aromatic heterocycles. The lowest BCUT2D eigenvalue weighted by atomic mass is 10.1. The lowest BCUT2D eigenvalue weighted by Gasteiger charge is -2.36. The number of rotatable bonds is 2. The van der Waals surface area contributed by atoms with Gasteiger partial charge in [0.2, 0.25) is 0 Å². The van der Waals surface area contributed by atoms with Gasteiger partial charge in [-0.2, -0.15) is 0 Å². The van der Waals surface area contributed by atoms with Gasteiger partial charge in [0.05, 0.1) is 17.2 Å². The van der Waals surface area contributed by atoms with E-state index < -0.39 is 0 Å². The van der Waals surface area contributed by atoms with Gasteiger partial charge in [0.25, 0.3) is 0 Å². The van der Waals surface area contributed by atoms with Gasteiger partial charge in [-0.25, -0.2) is 0 Å². The lowest BCUT2D eigenvalue weighted by Crippen LogP contribution is -2.46. The smallest absolute Gasteiger partial charge is 0.129 e. The topological polar surface area (TPSA) is 32.7 Å². The number of ether oxygens (including phenoxy) is 1. The minimum absolute atomic E-state index is 0.289. The largest absolute Gasteiger partial charge is 0.507 e. The molecule has 0 saturated carbocycles. The second-order valence-corrected chi connectivity index (χ2v) is 5.56. The highest BCUT2D eigenvalue weighted by Crippen LogP contribution is 2.25. The summed E-state index contributed by atoms with van der Waals surface area (Å²) in [6.45, 7) is 6.93. The number of hydrogen-bond acceptors (Lipinski definition) is 3. The number of phenolic OH excluding ortho intramolecular Hbond substituents is 1. The second-order valence-electron chi connectivity index (χ2n) is 4.71. The number of morpholine rings is 1. The number of aromatic hydroxyl groups is 1. The summed E-state index contributed by atoms with van der Waals surface area (Å²) in [7, 11) is 0. The summed E-state index contributed by atoms with van der Waals surface area (Å²) in [6.07, 6.45) is 0.298. The molecule has 0 aliphatic carbocycles. The number of halogens is 1. The SMILES string of the molecule is CC1CN(Cc2ccc(O)c(Br)c2)C(C)CO1. The first kappa shape index (κ1) is 12.9. The van der Waals surface area contributed by atoms with Crippen molar-refractivity contribution < 1.29 is 9.84 Å². The fraction of sp³-hybridized carbons (Fsp3) is 0.538. The van der Waals surface area contributed by atoms with Crippen LogP contribution in [0.3, 0.4) is 0 Å². The number of nitrogens with zero attached hydrogens (tertiary/aromatic N) is 1. The van der Waals surface area contributed by atoms with Crippen LogP contribution in [0.5, 0.6) is 5.75 Å². The lowest BCUT2D eigenvalue weighted by molar-refractivity contribution is -0.0526. The van der Waals surface area contributed by atoms with Crippen LogP contribution in [0.4, 0.5) is 0 Å². The molecule has 1 aliphatic heterocycles. The molecule has 1 fully saturated rings. The Hall–Kier alpha value is -0.580. The monoisotopic (exact) mass is 299 g/mol. The summed E-state index contributed by atoms with van der Waals surface area (Å²) in [5, 5.41) is 9.46. The highest BCUT2D eigenvalue weighted by Gasteiger charge is 2.23. The van der Waals surface area contributed by atoms with Gasteiger partial charge in [-0.15, -0.1) is 0 Å². The molecule has 94 valence electrons. The molecule has 0 bridgehead atoms. The molecule has 0 spiro atoms. The predicted octanol–water partition coefficient (Wildman–Crippen LogP) is 2.76. The van der Waals surface area contributed by atoms with Crippen LogP contribution in [0.1, 0.15) is 19.4 Å². The van der Waals surface area contributed by atoms with Crippen LogP contribution in [0.15, 0.2) is 22.7 Å². The Bertz CT molecular complexity index is 397. The molecule has 1 N–H and O–H groups in total. The van der Waals surface area contributed by atoms with Gasteiger partial charge in [-0.3, -0.25) is 4.90 Å². The maximum absolute atomic E-state index is 9.46. The maximum Gasteiger partial charge on any atom is 0.129 e. The van der Waals surface area contributed by atoms with Crippen LogP contribution in [0.25, 0.3) is 0 Å². The van der Waals surface area contributed by atoms with Crippen molar-refractivity contribution in [3.63, 3.8) is 0 Å². The van der Waals surface area contributed by atoms with Crippen LogP contribution < -0.4 is 0 Å². The Kier molecular flexibility index (Phi) is 4.07. The standard InChI is InChI=1S/C13H18BrNO2/c1-9-8-17-10(2)6-15(9)7-11-3-4-13(16)12(14)5-11/h3-5,9-10,16H,6-8H2,1-2H3. The fourth-order valence-corrected chi connectivity index (χ4v) is 2.50. The third kappa shape index (κ3) is 3.21. The molecule has 2 unspecified atom stereocenters. The van der Waals surface area contributed by atoms with Crippen molar-refractivity contribution in [2.24, 2.45) is 0 Å². The Morgan fingerprint density at radius 2 is 2.24 bits per heavy atom. The van der Waals surface area contributed by atoms with Gasteiger partial charge in [-0.05, 0) is 47.5 Å². The first-order valence-corrected chi connectivity index (χ1v) is 6.68. The van der Waals surface area contributed by atoms with Gasteiger partial charge in [0.15, 0.2) is 0 Å². The second kappa shape index (κ2) is 5.38. The van der Waals surface area contributed by atoms with Crippen molar-refractivity contribution >= 4 is 15.9 Å². The quantitative estimate of drug-likeness (QED) is 0.911. The molecule has 3 nitrogen and oxygen atoms in total. The normalized spacial score (nSPS) is 26.1. The molecule has 2 atom stereocenters. The van der Waals surface area contributed by atoms with E-state index in [1.165, 1.54) is 5.56 Å². The fourth-order valence-electron chi connectivity index (χ4n) is 2.08. The van der Waals surface area contributed by atoms with Crippen LogP contribution in [0, 0.1) is 0 Å². The molecule has 1 aliphatic rings. The molecule has 4 heteroatoms. The zero-order chi connectivity index (χ0) is 12.4. The number of hydrogen-bond donors (Lipinski definition) is 1. The van der Waals surface area contributed by atoms with E-state index in [0.29, 0.717) is 12.1 Å². The summed E-state index contributed by atoms with van der Waals surface area (Å²) < 4.78 is 6.36. The molecule has 1 aromatic carbocycles. The first-order chi connectivity index (χ1) is 8.06. The zero-order valence-electron chi connectivity index (χ0n) is 10.2.